The Labute approximate surface area is 107 Å². The Hall–Kier alpha value is -0.980. The molecule has 6 heteroatoms. The van der Waals surface area contributed by atoms with E-state index in [9.17, 15) is 5.11 Å². The molecule has 18 heavy (non-hydrogen) atoms. The number of aliphatic hydroxyl groups excluding tert-OH is 2. The van der Waals surface area contributed by atoms with Gasteiger partial charge < -0.3 is 15.5 Å². The molecule has 1 aromatic heterocycles. The Balaban J connectivity index is 1.77. The van der Waals surface area contributed by atoms with Crippen molar-refractivity contribution in [3.8, 4) is 0 Å². The summed E-state index contributed by atoms with van der Waals surface area (Å²) in [5, 5.41) is 30.0. The van der Waals surface area contributed by atoms with Gasteiger partial charge in [-0.3, -0.25) is 4.68 Å². The maximum atomic E-state index is 9.84. The first kappa shape index (κ1) is 13.5. The Morgan fingerprint density at radius 3 is 3.00 bits per heavy atom. The average molecular weight is 254 g/mol. The largest absolute Gasteiger partial charge is 0.396 e. The van der Waals surface area contributed by atoms with Crippen molar-refractivity contribution in [3.63, 3.8) is 0 Å². The second-order valence-corrected chi connectivity index (χ2v) is 4.89. The number of hydrogen-bond donors (Lipinski definition) is 3. The SMILES string of the molecule is OCCCn1cc(CNC2CCCCC2O)nn1. The molecular formula is C12H22N4O2. The highest BCUT2D eigenvalue weighted by Gasteiger charge is 2.22. The minimum absolute atomic E-state index is 0.168. The quantitative estimate of drug-likeness (QED) is 0.668. The third-order valence-electron chi connectivity index (χ3n) is 3.41. The second-order valence-electron chi connectivity index (χ2n) is 4.89. The fourth-order valence-electron chi connectivity index (χ4n) is 2.35. The predicted octanol–water partition coefficient (Wildman–Crippen LogP) is 0.0536. The van der Waals surface area contributed by atoms with Crippen LogP contribution in [0.2, 0.25) is 0 Å². The number of nitrogens with one attached hydrogen (secondary N) is 1. The molecule has 0 bridgehead atoms. The maximum Gasteiger partial charge on any atom is 0.0964 e. The van der Waals surface area contributed by atoms with Crippen molar-refractivity contribution < 1.29 is 10.2 Å². The molecule has 0 aliphatic heterocycles. The summed E-state index contributed by atoms with van der Waals surface area (Å²) in [7, 11) is 0. The van der Waals surface area contributed by atoms with Crippen molar-refractivity contribution >= 4 is 0 Å². The summed E-state index contributed by atoms with van der Waals surface area (Å²) < 4.78 is 1.74. The molecule has 0 saturated heterocycles. The van der Waals surface area contributed by atoms with Crippen LogP contribution in [0, 0.1) is 0 Å². The van der Waals surface area contributed by atoms with Crippen LogP contribution in [-0.2, 0) is 13.1 Å². The van der Waals surface area contributed by atoms with Crippen LogP contribution >= 0.6 is 0 Å². The van der Waals surface area contributed by atoms with E-state index in [4.69, 9.17) is 5.11 Å². The molecule has 1 saturated carbocycles. The van der Waals surface area contributed by atoms with Crippen LogP contribution in [0.1, 0.15) is 37.8 Å². The molecule has 1 aromatic rings. The molecule has 1 aliphatic carbocycles. The average Bonchev–Trinajstić information content (AvgIpc) is 2.83. The molecule has 0 aromatic carbocycles. The number of aryl methyl sites for hydroxylation is 1. The van der Waals surface area contributed by atoms with Crippen LogP contribution in [0.5, 0.6) is 0 Å². The van der Waals surface area contributed by atoms with Crippen LogP contribution < -0.4 is 5.32 Å². The molecule has 1 fully saturated rings. The summed E-state index contributed by atoms with van der Waals surface area (Å²) in [4.78, 5) is 0. The van der Waals surface area contributed by atoms with E-state index < -0.39 is 0 Å². The van der Waals surface area contributed by atoms with E-state index in [-0.39, 0.29) is 18.8 Å². The van der Waals surface area contributed by atoms with Gasteiger partial charge >= 0.3 is 0 Å². The fraction of sp³-hybridized carbons (Fsp3) is 0.833. The topological polar surface area (TPSA) is 83.2 Å². The monoisotopic (exact) mass is 254 g/mol. The predicted molar refractivity (Wildman–Crippen MR) is 66.8 cm³/mol. The van der Waals surface area contributed by atoms with Gasteiger partial charge in [0.1, 0.15) is 0 Å². The van der Waals surface area contributed by atoms with Gasteiger partial charge in [-0.1, -0.05) is 18.1 Å². The van der Waals surface area contributed by atoms with Crippen LogP contribution in [0.4, 0.5) is 0 Å². The van der Waals surface area contributed by atoms with Gasteiger partial charge in [0.2, 0.25) is 0 Å². The Kier molecular flexibility index (Phi) is 5.10. The van der Waals surface area contributed by atoms with Gasteiger partial charge in [0.15, 0.2) is 0 Å². The summed E-state index contributed by atoms with van der Waals surface area (Å²) >= 11 is 0. The standard InChI is InChI=1S/C12H22N4O2/c17-7-3-6-16-9-10(14-15-16)8-13-11-4-1-2-5-12(11)18/h9,11-13,17-18H,1-8H2. The van der Waals surface area contributed by atoms with Gasteiger partial charge in [-0.05, 0) is 19.3 Å². The van der Waals surface area contributed by atoms with Crippen LogP contribution in [0.25, 0.3) is 0 Å². The van der Waals surface area contributed by atoms with E-state index in [1.54, 1.807) is 4.68 Å². The molecule has 2 rings (SSSR count). The first-order chi connectivity index (χ1) is 8.79. The zero-order chi connectivity index (χ0) is 12.8. The molecule has 1 aliphatic rings. The van der Waals surface area contributed by atoms with Crippen molar-refractivity contribution in [2.24, 2.45) is 0 Å². The Morgan fingerprint density at radius 1 is 1.39 bits per heavy atom. The number of rotatable bonds is 6. The van der Waals surface area contributed by atoms with Gasteiger partial charge in [-0.15, -0.1) is 5.10 Å². The summed E-state index contributed by atoms with van der Waals surface area (Å²) in [6, 6.07) is 0.182. The number of nitrogens with zero attached hydrogens (tertiary/aromatic N) is 3. The van der Waals surface area contributed by atoms with Crippen molar-refractivity contribution in [2.45, 2.75) is 57.3 Å². The van der Waals surface area contributed by atoms with Crippen LogP contribution in [0.15, 0.2) is 6.20 Å². The summed E-state index contributed by atoms with van der Waals surface area (Å²) in [5.74, 6) is 0. The molecule has 0 amide bonds. The molecule has 1 heterocycles. The summed E-state index contributed by atoms with van der Waals surface area (Å²) in [5.41, 5.74) is 0.880. The summed E-state index contributed by atoms with van der Waals surface area (Å²) in [6.07, 6.45) is 6.56. The van der Waals surface area contributed by atoms with Gasteiger partial charge in [0, 0.05) is 31.9 Å². The lowest BCUT2D eigenvalue weighted by atomic mass is 9.92. The number of aliphatic hydroxyl groups is 2. The van der Waals surface area contributed by atoms with E-state index in [0.29, 0.717) is 19.5 Å². The Morgan fingerprint density at radius 2 is 2.22 bits per heavy atom. The minimum Gasteiger partial charge on any atom is -0.396 e. The van der Waals surface area contributed by atoms with Crippen molar-refractivity contribution in [2.75, 3.05) is 6.61 Å². The van der Waals surface area contributed by atoms with Gasteiger partial charge in [0.05, 0.1) is 11.8 Å². The maximum absolute atomic E-state index is 9.84. The first-order valence-electron chi connectivity index (χ1n) is 6.71. The van der Waals surface area contributed by atoms with Gasteiger partial charge in [-0.25, -0.2) is 0 Å². The van der Waals surface area contributed by atoms with Crippen LogP contribution in [-0.4, -0.2) is 44.0 Å². The summed E-state index contributed by atoms with van der Waals surface area (Å²) in [6.45, 7) is 1.50. The van der Waals surface area contributed by atoms with Gasteiger partial charge in [0.25, 0.3) is 0 Å². The molecular weight excluding hydrogens is 232 g/mol. The zero-order valence-corrected chi connectivity index (χ0v) is 10.6. The minimum atomic E-state index is -0.233. The van der Waals surface area contributed by atoms with Gasteiger partial charge in [-0.2, -0.15) is 0 Å². The van der Waals surface area contributed by atoms with E-state index in [0.717, 1.165) is 25.0 Å². The fourth-order valence-corrected chi connectivity index (χ4v) is 2.35. The highest BCUT2D eigenvalue weighted by atomic mass is 16.3. The third-order valence-corrected chi connectivity index (χ3v) is 3.41. The van der Waals surface area contributed by atoms with Crippen molar-refractivity contribution in [1.82, 2.24) is 20.3 Å². The third kappa shape index (κ3) is 3.76. The second kappa shape index (κ2) is 6.82. The molecule has 3 N–H and O–H groups in total. The van der Waals surface area contributed by atoms with E-state index in [1.165, 1.54) is 6.42 Å². The highest BCUT2D eigenvalue weighted by molar-refractivity contribution is 4.93. The first-order valence-corrected chi connectivity index (χ1v) is 6.71. The zero-order valence-electron chi connectivity index (χ0n) is 10.6. The van der Waals surface area contributed by atoms with E-state index in [2.05, 4.69) is 15.6 Å². The molecule has 0 radical (unpaired) electrons. The molecule has 0 spiro atoms. The lowest BCUT2D eigenvalue weighted by Crippen LogP contribution is -2.41. The molecule has 6 nitrogen and oxygen atoms in total. The number of aromatic nitrogens is 3. The normalized spacial score (nSPS) is 24.3. The highest BCUT2D eigenvalue weighted by Crippen LogP contribution is 2.18. The van der Waals surface area contributed by atoms with Crippen molar-refractivity contribution in [3.05, 3.63) is 11.9 Å². The van der Waals surface area contributed by atoms with E-state index in [1.807, 2.05) is 6.20 Å². The van der Waals surface area contributed by atoms with Crippen LogP contribution in [0.3, 0.4) is 0 Å². The molecule has 102 valence electrons. The molecule has 2 unspecified atom stereocenters. The Bertz CT molecular complexity index is 356. The smallest absolute Gasteiger partial charge is 0.0964 e. The van der Waals surface area contributed by atoms with E-state index >= 15 is 0 Å². The lowest BCUT2D eigenvalue weighted by Gasteiger charge is -2.28. The lowest BCUT2D eigenvalue weighted by molar-refractivity contribution is 0.0901. The van der Waals surface area contributed by atoms with Crippen molar-refractivity contribution in [1.29, 1.82) is 0 Å². The number of hydrogen-bond acceptors (Lipinski definition) is 5. The molecule has 2 atom stereocenters.